The zero-order valence-electron chi connectivity index (χ0n) is 16.2. The number of hydrogen-bond donors (Lipinski definition) is 1. The van der Waals surface area contributed by atoms with E-state index in [1.54, 1.807) is 32.4 Å². The third kappa shape index (κ3) is 4.79. The molecule has 0 saturated heterocycles. The molecule has 148 valence electrons. The van der Waals surface area contributed by atoms with Crippen LogP contribution in [0.15, 0.2) is 47.1 Å². The van der Waals surface area contributed by atoms with Gasteiger partial charge in [0.15, 0.2) is 5.76 Å². The SMILES string of the molecule is COc1cccc(-c2ncn(CC(=O)N(C)C)c2-c2ccc(C)o2)c1.O=CO. The average Bonchev–Trinajstić information content (AvgIpc) is 3.28. The topological polar surface area (TPSA) is 97.8 Å². The van der Waals surface area contributed by atoms with Crippen LogP contribution in [0.2, 0.25) is 0 Å². The van der Waals surface area contributed by atoms with Crippen LogP contribution < -0.4 is 4.74 Å². The number of rotatable bonds is 5. The molecule has 0 spiro atoms. The molecule has 1 N–H and O–H groups in total. The first-order valence-electron chi connectivity index (χ1n) is 8.45. The molecule has 1 aromatic carbocycles. The van der Waals surface area contributed by atoms with E-state index in [1.807, 2.05) is 47.9 Å². The van der Waals surface area contributed by atoms with Gasteiger partial charge in [-0.3, -0.25) is 9.59 Å². The van der Waals surface area contributed by atoms with Gasteiger partial charge in [0, 0.05) is 19.7 Å². The summed E-state index contributed by atoms with van der Waals surface area (Å²) >= 11 is 0. The van der Waals surface area contributed by atoms with Gasteiger partial charge in [0.25, 0.3) is 6.47 Å². The van der Waals surface area contributed by atoms with E-state index >= 15 is 0 Å². The third-order valence-electron chi connectivity index (χ3n) is 3.96. The molecule has 0 aliphatic rings. The molecule has 3 aromatic rings. The minimum Gasteiger partial charge on any atom is -0.497 e. The van der Waals surface area contributed by atoms with Crippen molar-refractivity contribution >= 4 is 12.4 Å². The molecule has 0 bridgehead atoms. The van der Waals surface area contributed by atoms with Gasteiger partial charge in [-0.05, 0) is 31.2 Å². The molecule has 2 aromatic heterocycles. The highest BCUT2D eigenvalue weighted by molar-refractivity contribution is 5.80. The van der Waals surface area contributed by atoms with Crippen LogP contribution in [0.3, 0.4) is 0 Å². The number of aryl methyl sites for hydroxylation is 1. The van der Waals surface area contributed by atoms with Crippen LogP contribution in [0.25, 0.3) is 22.7 Å². The average molecular weight is 385 g/mol. The third-order valence-corrected chi connectivity index (χ3v) is 3.96. The van der Waals surface area contributed by atoms with Crippen molar-refractivity contribution in [3.63, 3.8) is 0 Å². The number of furan rings is 1. The van der Waals surface area contributed by atoms with Crippen LogP contribution in [0, 0.1) is 6.92 Å². The van der Waals surface area contributed by atoms with Crippen LogP contribution in [0.1, 0.15) is 5.76 Å². The molecule has 0 unspecified atom stereocenters. The smallest absolute Gasteiger partial charge is 0.290 e. The number of carbonyl (C=O) groups is 2. The summed E-state index contributed by atoms with van der Waals surface area (Å²) in [6, 6.07) is 11.5. The number of likely N-dealkylation sites (N-methyl/N-ethyl adjacent to an activating group) is 1. The number of amides is 1. The van der Waals surface area contributed by atoms with Crippen molar-refractivity contribution in [2.24, 2.45) is 0 Å². The normalized spacial score (nSPS) is 10.0. The monoisotopic (exact) mass is 385 g/mol. The predicted molar refractivity (Wildman–Crippen MR) is 104 cm³/mol. The van der Waals surface area contributed by atoms with Crippen molar-refractivity contribution in [1.29, 1.82) is 0 Å². The van der Waals surface area contributed by atoms with Gasteiger partial charge in [-0.1, -0.05) is 12.1 Å². The van der Waals surface area contributed by atoms with Crippen LogP contribution in [-0.4, -0.2) is 53.1 Å². The van der Waals surface area contributed by atoms with Crippen LogP contribution in [0.4, 0.5) is 0 Å². The van der Waals surface area contributed by atoms with Gasteiger partial charge in [0.1, 0.15) is 23.7 Å². The number of carbonyl (C=O) groups excluding carboxylic acids is 1. The number of aromatic nitrogens is 2. The number of imidazole rings is 1. The minimum atomic E-state index is -0.250. The molecular formula is C20H23N3O5. The molecule has 0 atom stereocenters. The Kier molecular flexibility index (Phi) is 6.97. The van der Waals surface area contributed by atoms with Crippen LogP contribution in [-0.2, 0) is 16.1 Å². The summed E-state index contributed by atoms with van der Waals surface area (Å²) in [4.78, 5) is 26.6. The molecule has 1 amide bonds. The van der Waals surface area contributed by atoms with E-state index in [4.69, 9.17) is 19.1 Å². The standard InChI is InChI=1S/C19H21N3O3.CH2O2/c1-13-8-9-16(25-13)19-18(14-6-5-7-15(10-14)24-4)20-12-22(19)11-17(23)21(2)3;2-1-3/h5-10,12H,11H2,1-4H3;1H,(H,2,3). The van der Waals surface area contributed by atoms with E-state index < -0.39 is 0 Å². The Morgan fingerprint density at radius 2 is 2.04 bits per heavy atom. The van der Waals surface area contributed by atoms with E-state index in [2.05, 4.69) is 4.98 Å². The van der Waals surface area contributed by atoms with Gasteiger partial charge in [-0.15, -0.1) is 0 Å². The van der Waals surface area contributed by atoms with Crippen LogP contribution in [0.5, 0.6) is 5.75 Å². The lowest BCUT2D eigenvalue weighted by Gasteiger charge is -2.13. The van der Waals surface area contributed by atoms with E-state index in [0.717, 1.165) is 28.5 Å². The zero-order chi connectivity index (χ0) is 20.7. The highest BCUT2D eigenvalue weighted by atomic mass is 16.5. The quantitative estimate of drug-likeness (QED) is 0.678. The Morgan fingerprint density at radius 1 is 1.32 bits per heavy atom. The summed E-state index contributed by atoms with van der Waals surface area (Å²) < 4.78 is 12.9. The fraction of sp³-hybridized carbons (Fsp3) is 0.250. The Morgan fingerprint density at radius 3 is 2.61 bits per heavy atom. The second-order valence-corrected chi connectivity index (χ2v) is 6.11. The maximum atomic E-state index is 12.2. The molecule has 0 aliphatic carbocycles. The Bertz CT molecular complexity index is 943. The fourth-order valence-corrected chi connectivity index (χ4v) is 2.59. The second kappa shape index (κ2) is 9.40. The number of nitrogens with zero attached hydrogens (tertiary/aromatic N) is 3. The van der Waals surface area contributed by atoms with E-state index in [1.165, 1.54) is 0 Å². The molecule has 8 heteroatoms. The molecule has 0 aliphatic heterocycles. The highest BCUT2D eigenvalue weighted by Crippen LogP contribution is 2.33. The first-order valence-corrected chi connectivity index (χ1v) is 8.45. The van der Waals surface area contributed by atoms with Crippen molar-refractivity contribution in [1.82, 2.24) is 14.5 Å². The van der Waals surface area contributed by atoms with Crippen molar-refractivity contribution < 1.29 is 23.8 Å². The van der Waals surface area contributed by atoms with Gasteiger partial charge in [0.2, 0.25) is 5.91 Å². The van der Waals surface area contributed by atoms with Gasteiger partial charge in [-0.25, -0.2) is 4.98 Å². The largest absolute Gasteiger partial charge is 0.497 e. The van der Waals surface area contributed by atoms with E-state index in [9.17, 15) is 4.79 Å². The van der Waals surface area contributed by atoms with Crippen molar-refractivity contribution in [2.75, 3.05) is 21.2 Å². The lowest BCUT2D eigenvalue weighted by Crippen LogP contribution is -2.26. The Hall–Kier alpha value is -3.55. The summed E-state index contributed by atoms with van der Waals surface area (Å²) in [5, 5.41) is 6.89. The van der Waals surface area contributed by atoms with Crippen molar-refractivity contribution in [3.8, 4) is 28.5 Å². The molecule has 8 nitrogen and oxygen atoms in total. The fourth-order valence-electron chi connectivity index (χ4n) is 2.59. The molecule has 0 radical (unpaired) electrons. The number of benzene rings is 1. The van der Waals surface area contributed by atoms with E-state index in [-0.39, 0.29) is 18.9 Å². The van der Waals surface area contributed by atoms with Crippen molar-refractivity contribution in [3.05, 3.63) is 48.5 Å². The summed E-state index contributed by atoms with van der Waals surface area (Å²) in [6.07, 6.45) is 1.67. The van der Waals surface area contributed by atoms with Gasteiger partial charge < -0.3 is 23.7 Å². The second-order valence-electron chi connectivity index (χ2n) is 6.11. The van der Waals surface area contributed by atoms with Gasteiger partial charge >= 0.3 is 0 Å². The Labute approximate surface area is 163 Å². The summed E-state index contributed by atoms with van der Waals surface area (Å²) in [7, 11) is 5.10. The van der Waals surface area contributed by atoms with Crippen molar-refractivity contribution in [2.45, 2.75) is 13.5 Å². The predicted octanol–water partition coefficient (Wildman–Crippen LogP) is 2.92. The number of hydrogen-bond acceptors (Lipinski definition) is 5. The lowest BCUT2D eigenvalue weighted by atomic mass is 10.1. The van der Waals surface area contributed by atoms with Crippen LogP contribution >= 0.6 is 0 Å². The molecular weight excluding hydrogens is 362 g/mol. The highest BCUT2D eigenvalue weighted by Gasteiger charge is 2.20. The summed E-state index contributed by atoms with van der Waals surface area (Å²) in [5.41, 5.74) is 2.43. The van der Waals surface area contributed by atoms with E-state index in [0.29, 0.717) is 5.76 Å². The maximum Gasteiger partial charge on any atom is 0.290 e. The first-order chi connectivity index (χ1) is 13.4. The van der Waals surface area contributed by atoms with Gasteiger partial charge in [0.05, 0.1) is 19.1 Å². The molecule has 0 saturated carbocycles. The number of methoxy groups -OCH3 is 1. The summed E-state index contributed by atoms with van der Waals surface area (Å²) in [6.45, 7) is 1.83. The number of ether oxygens (including phenoxy) is 1. The maximum absolute atomic E-state index is 12.2. The van der Waals surface area contributed by atoms with Gasteiger partial charge in [-0.2, -0.15) is 0 Å². The zero-order valence-corrected chi connectivity index (χ0v) is 16.2. The lowest BCUT2D eigenvalue weighted by molar-refractivity contribution is -0.129. The first kappa shape index (κ1) is 20.8. The number of carboxylic acid groups (broad SMARTS) is 1. The molecule has 3 rings (SSSR count). The molecule has 28 heavy (non-hydrogen) atoms. The Balaban J connectivity index is 0.000000878. The minimum absolute atomic E-state index is 0.0147. The summed E-state index contributed by atoms with van der Waals surface area (Å²) in [5.74, 6) is 2.22. The molecule has 0 fully saturated rings. The molecule has 2 heterocycles.